The maximum absolute atomic E-state index is 11.9. The van der Waals surface area contributed by atoms with Gasteiger partial charge in [0.25, 0.3) is 0 Å². The van der Waals surface area contributed by atoms with E-state index in [-0.39, 0.29) is 5.91 Å². The van der Waals surface area contributed by atoms with Crippen molar-refractivity contribution in [1.82, 2.24) is 15.3 Å². The first kappa shape index (κ1) is 12.8. The summed E-state index contributed by atoms with van der Waals surface area (Å²) in [5, 5.41) is 2.07. The van der Waals surface area contributed by atoms with Gasteiger partial charge in [0, 0.05) is 32.6 Å². The van der Waals surface area contributed by atoms with Gasteiger partial charge in [-0.1, -0.05) is 19.3 Å². The van der Waals surface area contributed by atoms with Crippen LogP contribution in [0.15, 0.2) is 0 Å². The number of rotatable bonds is 3. The lowest BCUT2D eigenvalue weighted by atomic mass is 9.87. The van der Waals surface area contributed by atoms with Gasteiger partial charge in [0.1, 0.15) is 0 Å². The molecule has 2 fully saturated rings. The first-order valence-corrected chi connectivity index (χ1v) is 6.97. The summed E-state index contributed by atoms with van der Waals surface area (Å²) < 4.78 is 0. The predicted molar refractivity (Wildman–Crippen MR) is 68.4 cm³/mol. The normalized spacial score (nSPS) is 24.8. The molecule has 0 atom stereocenters. The Kier molecular flexibility index (Phi) is 4.80. The van der Waals surface area contributed by atoms with Crippen molar-refractivity contribution in [3.05, 3.63) is 0 Å². The van der Waals surface area contributed by atoms with Gasteiger partial charge in [-0.2, -0.15) is 0 Å². The molecule has 1 saturated heterocycles. The summed E-state index contributed by atoms with van der Waals surface area (Å²) in [5.74, 6) is 0.859. The van der Waals surface area contributed by atoms with Crippen molar-refractivity contribution in [2.45, 2.75) is 38.5 Å². The number of likely N-dealkylation sites (N-methyl/N-ethyl adjacent to an activating group) is 1. The molecule has 1 N–H and O–H groups in total. The average Bonchev–Trinajstić information content (AvgIpc) is 2.33. The van der Waals surface area contributed by atoms with Crippen molar-refractivity contribution >= 4 is 5.91 Å². The Labute approximate surface area is 104 Å². The Morgan fingerprint density at radius 2 is 1.76 bits per heavy atom. The van der Waals surface area contributed by atoms with Gasteiger partial charge in [0.05, 0.1) is 0 Å². The molecule has 1 saturated carbocycles. The SMILES string of the molecule is CN1CCN(NC(=O)CC2CCCCC2)CC1. The van der Waals surface area contributed by atoms with Crippen LogP contribution in [-0.2, 0) is 4.79 Å². The van der Waals surface area contributed by atoms with E-state index in [2.05, 4.69) is 22.4 Å². The highest BCUT2D eigenvalue weighted by Crippen LogP contribution is 2.26. The van der Waals surface area contributed by atoms with E-state index in [1.54, 1.807) is 0 Å². The summed E-state index contributed by atoms with van der Waals surface area (Å²) in [7, 11) is 2.13. The minimum absolute atomic E-state index is 0.224. The van der Waals surface area contributed by atoms with Crippen molar-refractivity contribution in [1.29, 1.82) is 0 Å². The fourth-order valence-corrected chi connectivity index (χ4v) is 2.79. The molecule has 1 aliphatic carbocycles. The van der Waals surface area contributed by atoms with Crippen LogP contribution in [0.3, 0.4) is 0 Å². The van der Waals surface area contributed by atoms with Gasteiger partial charge in [0.15, 0.2) is 0 Å². The van der Waals surface area contributed by atoms with Crippen molar-refractivity contribution in [3.8, 4) is 0 Å². The molecule has 4 heteroatoms. The van der Waals surface area contributed by atoms with Crippen LogP contribution in [0.25, 0.3) is 0 Å². The molecule has 1 heterocycles. The molecule has 2 aliphatic rings. The van der Waals surface area contributed by atoms with Crippen molar-refractivity contribution in [2.24, 2.45) is 5.92 Å². The van der Waals surface area contributed by atoms with E-state index in [1.165, 1.54) is 32.1 Å². The third kappa shape index (κ3) is 4.28. The summed E-state index contributed by atoms with van der Waals surface area (Å²) in [6.07, 6.45) is 7.20. The lowest BCUT2D eigenvalue weighted by Gasteiger charge is -2.33. The van der Waals surface area contributed by atoms with Crippen LogP contribution >= 0.6 is 0 Å². The zero-order chi connectivity index (χ0) is 12.1. The van der Waals surface area contributed by atoms with Crippen LogP contribution in [0, 0.1) is 5.92 Å². The Hall–Kier alpha value is -0.610. The molecule has 0 aromatic rings. The Bertz CT molecular complexity index is 243. The number of carbonyl (C=O) groups is 1. The summed E-state index contributed by atoms with van der Waals surface area (Å²) >= 11 is 0. The predicted octanol–water partition coefficient (Wildman–Crippen LogP) is 1.24. The van der Waals surface area contributed by atoms with Crippen LogP contribution in [0.2, 0.25) is 0 Å². The summed E-state index contributed by atoms with van der Waals surface area (Å²) in [6, 6.07) is 0. The molecule has 0 unspecified atom stereocenters. The molecule has 0 bridgehead atoms. The number of nitrogens with zero attached hydrogens (tertiary/aromatic N) is 2. The van der Waals surface area contributed by atoms with Gasteiger partial charge < -0.3 is 4.90 Å². The minimum atomic E-state index is 0.224. The largest absolute Gasteiger partial charge is 0.304 e. The second-order valence-electron chi connectivity index (χ2n) is 5.53. The summed E-state index contributed by atoms with van der Waals surface area (Å²) in [4.78, 5) is 14.2. The molecular formula is C13H25N3O. The topological polar surface area (TPSA) is 35.6 Å². The molecule has 1 amide bonds. The average molecular weight is 239 g/mol. The molecule has 98 valence electrons. The smallest absolute Gasteiger partial charge is 0.234 e. The quantitative estimate of drug-likeness (QED) is 0.805. The van der Waals surface area contributed by atoms with Crippen molar-refractivity contribution < 1.29 is 4.79 Å². The van der Waals surface area contributed by atoms with Gasteiger partial charge in [-0.05, 0) is 25.8 Å². The van der Waals surface area contributed by atoms with Crippen LogP contribution in [0.5, 0.6) is 0 Å². The molecule has 0 radical (unpaired) electrons. The Balaban J connectivity index is 1.66. The lowest BCUT2D eigenvalue weighted by Crippen LogP contribution is -2.52. The van der Waals surface area contributed by atoms with Crippen LogP contribution in [-0.4, -0.2) is 49.0 Å². The molecule has 0 spiro atoms. The van der Waals surface area contributed by atoms with Crippen molar-refractivity contribution in [3.63, 3.8) is 0 Å². The van der Waals surface area contributed by atoms with Crippen molar-refractivity contribution in [2.75, 3.05) is 33.2 Å². The Morgan fingerprint density at radius 1 is 1.12 bits per heavy atom. The van der Waals surface area contributed by atoms with E-state index in [9.17, 15) is 4.79 Å². The molecule has 17 heavy (non-hydrogen) atoms. The zero-order valence-electron chi connectivity index (χ0n) is 11.0. The van der Waals surface area contributed by atoms with Gasteiger partial charge >= 0.3 is 0 Å². The minimum Gasteiger partial charge on any atom is -0.304 e. The lowest BCUT2D eigenvalue weighted by molar-refractivity contribution is -0.127. The summed E-state index contributed by atoms with van der Waals surface area (Å²) in [6.45, 7) is 3.99. The third-order valence-corrected chi connectivity index (χ3v) is 3.98. The standard InChI is InChI=1S/C13H25N3O/c1-15-7-9-16(10-8-15)14-13(17)11-12-5-3-2-4-6-12/h12H,2-11H2,1H3,(H,14,17). The molecule has 2 rings (SSSR count). The second-order valence-corrected chi connectivity index (χ2v) is 5.53. The van der Waals surface area contributed by atoms with Crippen LogP contribution in [0.4, 0.5) is 0 Å². The van der Waals surface area contributed by atoms with E-state index in [0.29, 0.717) is 5.92 Å². The van der Waals surface area contributed by atoms with E-state index < -0.39 is 0 Å². The maximum Gasteiger partial charge on any atom is 0.234 e. The fourth-order valence-electron chi connectivity index (χ4n) is 2.79. The van der Waals surface area contributed by atoms with E-state index in [0.717, 1.165) is 32.6 Å². The second kappa shape index (κ2) is 6.36. The van der Waals surface area contributed by atoms with Gasteiger partial charge in [-0.25, -0.2) is 5.01 Å². The Morgan fingerprint density at radius 3 is 2.41 bits per heavy atom. The first-order valence-electron chi connectivity index (χ1n) is 6.97. The third-order valence-electron chi connectivity index (χ3n) is 3.98. The molecule has 4 nitrogen and oxygen atoms in total. The van der Waals surface area contributed by atoms with E-state index in [1.807, 2.05) is 0 Å². The zero-order valence-corrected chi connectivity index (χ0v) is 11.0. The van der Waals surface area contributed by atoms with Gasteiger partial charge in [-0.15, -0.1) is 0 Å². The van der Waals surface area contributed by atoms with E-state index in [4.69, 9.17) is 0 Å². The highest BCUT2D eigenvalue weighted by atomic mass is 16.2. The van der Waals surface area contributed by atoms with Gasteiger partial charge in [0.2, 0.25) is 5.91 Å². The number of hydrogen-bond donors (Lipinski definition) is 1. The number of piperazine rings is 1. The first-order chi connectivity index (χ1) is 8.24. The van der Waals surface area contributed by atoms with Gasteiger partial charge in [-0.3, -0.25) is 10.2 Å². The highest BCUT2D eigenvalue weighted by Gasteiger charge is 2.20. The number of carbonyl (C=O) groups excluding carboxylic acids is 1. The molecule has 0 aromatic carbocycles. The van der Waals surface area contributed by atoms with Crippen LogP contribution in [0.1, 0.15) is 38.5 Å². The number of amides is 1. The fraction of sp³-hybridized carbons (Fsp3) is 0.923. The molecule has 1 aliphatic heterocycles. The highest BCUT2D eigenvalue weighted by molar-refractivity contribution is 5.75. The number of nitrogens with one attached hydrogen (secondary N) is 1. The maximum atomic E-state index is 11.9. The summed E-state index contributed by atoms with van der Waals surface area (Å²) in [5.41, 5.74) is 3.05. The molecule has 0 aromatic heterocycles. The van der Waals surface area contributed by atoms with E-state index >= 15 is 0 Å². The molecular weight excluding hydrogens is 214 g/mol. The van der Waals surface area contributed by atoms with Crippen LogP contribution < -0.4 is 5.43 Å². The number of hydrogen-bond acceptors (Lipinski definition) is 3. The monoisotopic (exact) mass is 239 g/mol. The number of hydrazine groups is 1.